The van der Waals surface area contributed by atoms with E-state index in [1.54, 1.807) is 7.05 Å². The lowest BCUT2D eigenvalue weighted by Gasteiger charge is -2.16. The summed E-state index contributed by atoms with van der Waals surface area (Å²) < 4.78 is 1.23. The second-order valence-corrected chi connectivity index (χ2v) is 7.43. The van der Waals surface area contributed by atoms with Gasteiger partial charge in [0.05, 0.1) is 5.69 Å². The number of carbonyl (C=O) groups excluding carboxylic acids is 1. The van der Waals surface area contributed by atoms with E-state index >= 15 is 0 Å². The number of hydrogen-bond donors (Lipinski definition) is 1. The first-order chi connectivity index (χ1) is 15.0. The van der Waals surface area contributed by atoms with Crippen LogP contribution in [0, 0.1) is 6.92 Å². The summed E-state index contributed by atoms with van der Waals surface area (Å²) in [6.45, 7) is 2.35. The van der Waals surface area contributed by atoms with Crippen LogP contribution in [-0.2, 0) is 13.6 Å². The van der Waals surface area contributed by atoms with Gasteiger partial charge in [-0.05, 0) is 18.1 Å². The van der Waals surface area contributed by atoms with Crippen LogP contribution in [0.3, 0.4) is 0 Å². The number of rotatable bonds is 5. The number of nitrogens with zero attached hydrogens (tertiary/aromatic N) is 2. The molecule has 5 heteroatoms. The van der Waals surface area contributed by atoms with Gasteiger partial charge < -0.3 is 5.32 Å². The van der Waals surface area contributed by atoms with Gasteiger partial charge in [-0.1, -0.05) is 90.5 Å². The molecular formula is C26H23N3O2. The van der Waals surface area contributed by atoms with Gasteiger partial charge in [0.15, 0.2) is 0 Å². The number of aromatic nitrogens is 2. The fourth-order valence-corrected chi connectivity index (χ4v) is 3.50. The van der Waals surface area contributed by atoms with Crippen LogP contribution in [0.4, 0.5) is 0 Å². The van der Waals surface area contributed by atoms with Gasteiger partial charge in [-0.2, -0.15) is 5.10 Å². The van der Waals surface area contributed by atoms with Crippen LogP contribution in [0.1, 0.15) is 21.5 Å². The van der Waals surface area contributed by atoms with Crippen molar-refractivity contribution < 1.29 is 4.79 Å². The number of hydrogen-bond acceptors (Lipinski definition) is 3. The van der Waals surface area contributed by atoms with Crippen molar-refractivity contribution in [2.45, 2.75) is 13.5 Å². The van der Waals surface area contributed by atoms with Crippen molar-refractivity contribution in [3.63, 3.8) is 0 Å². The van der Waals surface area contributed by atoms with Gasteiger partial charge in [0, 0.05) is 24.7 Å². The minimum Gasteiger partial charge on any atom is -0.348 e. The maximum Gasteiger partial charge on any atom is 0.280 e. The Morgan fingerprint density at radius 2 is 1.45 bits per heavy atom. The molecule has 4 aromatic rings. The topological polar surface area (TPSA) is 64.0 Å². The highest BCUT2D eigenvalue weighted by atomic mass is 16.2. The Kier molecular flexibility index (Phi) is 5.76. The van der Waals surface area contributed by atoms with E-state index in [-0.39, 0.29) is 5.56 Å². The van der Waals surface area contributed by atoms with Crippen molar-refractivity contribution in [3.8, 4) is 22.4 Å². The summed E-state index contributed by atoms with van der Waals surface area (Å²) in [5.74, 6) is -0.417. The molecular weight excluding hydrogens is 386 g/mol. The fourth-order valence-electron chi connectivity index (χ4n) is 3.50. The van der Waals surface area contributed by atoms with Crippen molar-refractivity contribution in [2.24, 2.45) is 7.05 Å². The van der Waals surface area contributed by atoms with E-state index in [1.807, 2.05) is 91.9 Å². The number of nitrogens with one attached hydrogen (secondary N) is 1. The SMILES string of the molecule is Cc1ccc(CNC(=O)c2c(-c3ccccc3)c(-c3ccccc3)nn(C)c2=O)cc1. The van der Waals surface area contributed by atoms with Crippen LogP contribution in [-0.4, -0.2) is 15.7 Å². The Hall–Kier alpha value is -3.99. The monoisotopic (exact) mass is 409 g/mol. The third-order valence-electron chi connectivity index (χ3n) is 5.16. The highest BCUT2D eigenvalue weighted by Gasteiger charge is 2.24. The molecule has 1 amide bonds. The van der Waals surface area contributed by atoms with Crippen LogP contribution < -0.4 is 10.9 Å². The Morgan fingerprint density at radius 1 is 0.871 bits per heavy atom. The van der Waals surface area contributed by atoms with Gasteiger partial charge in [-0.25, -0.2) is 4.68 Å². The van der Waals surface area contributed by atoms with Crippen LogP contribution in [0.25, 0.3) is 22.4 Å². The van der Waals surface area contributed by atoms with Crippen molar-refractivity contribution in [3.05, 3.63) is 112 Å². The Balaban J connectivity index is 1.84. The van der Waals surface area contributed by atoms with E-state index in [0.717, 1.165) is 22.3 Å². The minimum atomic E-state index is -0.431. The highest BCUT2D eigenvalue weighted by Crippen LogP contribution is 2.31. The molecule has 0 aliphatic heterocycles. The zero-order valence-corrected chi connectivity index (χ0v) is 17.5. The largest absolute Gasteiger partial charge is 0.348 e. The summed E-state index contributed by atoms with van der Waals surface area (Å²) in [6, 6.07) is 27.0. The van der Waals surface area contributed by atoms with Crippen LogP contribution in [0.2, 0.25) is 0 Å². The molecule has 1 aromatic heterocycles. The molecule has 4 rings (SSSR count). The van der Waals surface area contributed by atoms with Crippen molar-refractivity contribution in [1.82, 2.24) is 15.1 Å². The quantitative estimate of drug-likeness (QED) is 0.533. The van der Waals surface area contributed by atoms with Gasteiger partial charge in [0.25, 0.3) is 11.5 Å². The predicted molar refractivity (Wildman–Crippen MR) is 123 cm³/mol. The lowest BCUT2D eigenvalue weighted by Crippen LogP contribution is -2.34. The Morgan fingerprint density at radius 3 is 2.06 bits per heavy atom. The summed E-state index contributed by atoms with van der Waals surface area (Å²) in [5, 5.41) is 7.43. The van der Waals surface area contributed by atoms with Gasteiger partial charge in [0.2, 0.25) is 0 Å². The van der Waals surface area contributed by atoms with E-state index in [2.05, 4.69) is 10.4 Å². The number of aryl methyl sites for hydroxylation is 2. The van der Waals surface area contributed by atoms with Gasteiger partial charge in [-0.3, -0.25) is 9.59 Å². The molecule has 154 valence electrons. The first-order valence-electron chi connectivity index (χ1n) is 10.1. The molecule has 0 saturated carbocycles. The molecule has 1 heterocycles. The first-order valence-corrected chi connectivity index (χ1v) is 10.1. The molecule has 0 saturated heterocycles. The molecule has 0 spiro atoms. The zero-order valence-electron chi connectivity index (χ0n) is 17.5. The van der Waals surface area contributed by atoms with Gasteiger partial charge >= 0.3 is 0 Å². The normalized spacial score (nSPS) is 10.6. The third-order valence-corrected chi connectivity index (χ3v) is 5.16. The second-order valence-electron chi connectivity index (χ2n) is 7.43. The van der Waals surface area contributed by atoms with Crippen molar-refractivity contribution in [1.29, 1.82) is 0 Å². The summed E-state index contributed by atoms with van der Waals surface area (Å²) in [5.41, 5.74) is 4.52. The standard InChI is InChI=1S/C26H23N3O2/c1-18-13-15-19(16-14-18)17-27-25(30)23-22(20-9-5-3-6-10-20)24(28-29(2)26(23)31)21-11-7-4-8-12-21/h3-16H,17H2,1-2H3,(H,27,30). The molecule has 3 aromatic carbocycles. The molecule has 0 fully saturated rings. The average Bonchev–Trinajstić information content (AvgIpc) is 2.81. The molecule has 0 bridgehead atoms. The zero-order chi connectivity index (χ0) is 21.8. The van der Waals surface area contributed by atoms with Crippen molar-refractivity contribution >= 4 is 5.91 Å². The van der Waals surface area contributed by atoms with Gasteiger partial charge in [0.1, 0.15) is 5.56 Å². The lowest BCUT2D eigenvalue weighted by atomic mass is 9.95. The molecule has 0 atom stereocenters. The Bertz CT molecular complexity index is 1260. The summed E-state index contributed by atoms with van der Waals surface area (Å²) in [4.78, 5) is 26.4. The van der Waals surface area contributed by atoms with Crippen LogP contribution >= 0.6 is 0 Å². The highest BCUT2D eigenvalue weighted by molar-refractivity contribution is 6.03. The van der Waals surface area contributed by atoms with E-state index < -0.39 is 11.5 Å². The number of benzene rings is 3. The van der Waals surface area contributed by atoms with E-state index in [4.69, 9.17) is 0 Å². The lowest BCUT2D eigenvalue weighted by molar-refractivity contribution is 0.0949. The first kappa shape index (κ1) is 20.3. The molecule has 5 nitrogen and oxygen atoms in total. The molecule has 31 heavy (non-hydrogen) atoms. The Labute approximate surface area is 181 Å². The van der Waals surface area contributed by atoms with E-state index in [1.165, 1.54) is 4.68 Å². The smallest absolute Gasteiger partial charge is 0.280 e. The molecule has 1 N–H and O–H groups in total. The summed E-state index contributed by atoms with van der Waals surface area (Å²) in [6.07, 6.45) is 0. The molecule has 0 aliphatic carbocycles. The summed E-state index contributed by atoms with van der Waals surface area (Å²) >= 11 is 0. The van der Waals surface area contributed by atoms with E-state index in [9.17, 15) is 9.59 Å². The average molecular weight is 409 g/mol. The summed E-state index contributed by atoms with van der Waals surface area (Å²) in [7, 11) is 1.57. The van der Waals surface area contributed by atoms with E-state index in [0.29, 0.717) is 17.8 Å². The molecule has 0 unspecified atom stereocenters. The molecule has 0 radical (unpaired) electrons. The van der Waals surface area contributed by atoms with Gasteiger partial charge in [-0.15, -0.1) is 0 Å². The van der Waals surface area contributed by atoms with Crippen LogP contribution in [0.15, 0.2) is 89.7 Å². The predicted octanol–water partition coefficient (Wildman–Crippen LogP) is 4.35. The molecule has 0 aliphatic rings. The van der Waals surface area contributed by atoms with Crippen molar-refractivity contribution in [2.75, 3.05) is 0 Å². The van der Waals surface area contributed by atoms with Crippen LogP contribution in [0.5, 0.6) is 0 Å². The number of amides is 1. The second kappa shape index (κ2) is 8.79. The number of carbonyl (C=O) groups is 1. The maximum absolute atomic E-state index is 13.3. The maximum atomic E-state index is 13.3. The fraction of sp³-hybridized carbons (Fsp3) is 0.115. The third kappa shape index (κ3) is 4.31. The minimum absolute atomic E-state index is 0.0923.